The molecule has 0 atom stereocenters. The third-order valence-corrected chi connectivity index (χ3v) is 3.68. The van der Waals surface area contributed by atoms with Crippen molar-refractivity contribution in [1.82, 2.24) is 0 Å². The Hall–Kier alpha value is -0.850. The molecule has 0 radical (unpaired) electrons. The summed E-state index contributed by atoms with van der Waals surface area (Å²) in [6.07, 6.45) is 7.72. The number of hydrogen-bond donors (Lipinski definition) is 0. The Morgan fingerprint density at radius 1 is 1.47 bits per heavy atom. The molecule has 0 aromatic heterocycles. The van der Waals surface area contributed by atoms with Gasteiger partial charge in [-0.25, -0.2) is 0 Å². The van der Waals surface area contributed by atoms with E-state index >= 15 is 0 Å². The van der Waals surface area contributed by atoms with Gasteiger partial charge in [0, 0.05) is 0 Å². The summed E-state index contributed by atoms with van der Waals surface area (Å²) in [5.74, 6) is 0. The number of rotatable bonds is 3. The molecule has 0 aromatic carbocycles. The summed E-state index contributed by atoms with van der Waals surface area (Å²) >= 11 is 0. The van der Waals surface area contributed by atoms with Gasteiger partial charge in [-0.15, -0.1) is 0 Å². The third-order valence-electron chi connectivity index (χ3n) is 3.68. The van der Waals surface area contributed by atoms with Crippen molar-refractivity contribution in [2.75, 3.05) is 0 Å². The van der Waals surface area contributed by atoms with E-state index in [1.165, 1.54) is 30.4 Å². The zero-order chi connectivity index (χ0) is 11.5. The van der Waals surface area contributed by atoms with Gasteiger partial charge in [0.05, 0.1) is 0 Å². The number of hydrogen-bond acceptors (Lipinski definition) is 1. The molecular formula is C14H22O. The first-order valence-electron chi connectivity index (χ1n) is 5.78. The van der Waals surface area contributed by atoms with Gasteiger partial charge in [0.15, 0.2) is 0 Å². The van der Waals surface area contributed by atoms with Gasteiger partial charge in [0.2, 0.25) is 0 Å². The molecular weight excluding hydrogens is 184 g/mol. The molecule has 1 rings (SSSR count). The van der Waals surface area contributed by atoms with E-state index in [1.807, 2.05) is 13.0 Å². The topological polar surface area (TPSA) is 17.1 Å². The van der Waals surface area contributed by atoms with E-state index < -0.39 is 0 Å². The molecule has 0 spiro atoms. The highest BCUT2D eigenvalue weighted by atomic mass is 16.1. The summed E-state index contributed by atoms with van der Waals surface area (Å²) in [5.41, 5.74) is 4.27. The molecule has 1 aliphatic carbocycles. The molecule has 15 heavy (non-hydrogen) atoms. The van der Waals surface area contributed by atoms with Crippen LogP contribution < -0.4 is 0 Å². The van der Waals surface area contributed by atoms with Crippen molar-refractivity contribution >= 4 is 6.29 Å². The molecule has 1 aliphatic rings. The highest BCUT2D eigenvalue weighted by Gasteiger charge is 2.25. The van der Waals surface area contributed by atoms with Gasteiger partial charge < -0.3 is 0 Å². The van der Waals surface area contributed by atoms with E-state index in [1.54, 1.807) is 0 Å². The van der Waals surface area contributed by atoms with Crippen molar-refractivity contribution in [3.05, 3.63) is 22.8 Å². The molecule has 0 amide bonds. The summed E-state index contributed by atoms with van der Waals surface area (Å²) in [6, 6.07) is 0. The molecule has 0 N–H and O–H groups in total. The number of carbonyl (C=O) groups excluding carboxylic acids is 1. The molecule has 0 unspecified atom stereocenters. The predicted octanol–water partition coefficient (Wildman–Crippen LogP) is 4.05. The summed E-state index contributed by atoms with van der Waals surface area (Å²) in [6.45, 7) is 8.75. The Morgan fingerprint density at radius 3 is 2.73 bits per heavy atom. The predicted molar refractivity (Wildman–Crippen MR) is 64.8 cm³/mol. The van der Waals surface area contributed by atoms with Gasteiger partial charge in [-0.05, 0) is 50.5 Å². The molecule has 0 saturated heterocycles. The van der Waals surface area contributed by atoms with Crippen LogP contribution in [0.5, 0.6) is 0 Å². The fourth-order valence-electron chi connectivity index (χ4n) is 2.18. The first kappa shape index (κ1) is 12.2. The Morgan fingerprint density at radius 2 is 2.13 bits per heavy atom. The molecule has 0 aromatic rings. The average molecular weight is 206 g/mol. The van der Waals surface area contributed by atoms with Crippen molar-refractivity contribution in [3.63, 3.8) is 0 Å². The standard InChI is InChI=1S/C14H22O/c1-11(10-15)7-8-13-6-5-9-14(3,4)12(13)2/h7,10H,5-6,8-9H2,1-4H3/b11-7+. The van der Waals surface area contributed by atoms with Crippen LogP contribution in [0.2, 0.25) is 0 Å². The van der Waals surface area contributed by atoms with Crippen molar-refractivity contribution < 1.29 is 4.79 Å². The maximum atomic E-state index is 10.5. The number of allylic oxidation sites excluding steroid dienone is 4. The lowest BCUT2D eigenvalue weighted by atomic mass is 9.72. The van der Waals surface area contributed by atoms with Crippen LogP contribution in [0.4, 0.5) is 0 Å². The van der Waals surface area contributed by atoms with Crippen LogP contribution in [-0.4, -0.2) is 6.29 Å². The summed E-state index contributed by atoms with van der Waals surface area (Å²) in [5, 5.41) is 0. The van der Waals surface area contributed by atoms with Crippen molar-refractivity contribution in [3.8, 4) is 0 Å². The van der Waals surface area contributed by atoms with Gasteiger partial charge in [0.25, 0.3) is 0 Å². The fraction of sp³-hybridized carbons (Fsp3) is 0.643. The quantitative estimate of drug-likeness (QED) is 0.387. The molecule has 0 aliphatic heterocycles. The first-order chi connectivity index (χ1) is 6.97. The lowest BCUT2D eigenvalue weighted by Gasteiger charge is -2.33. The van der Waals surface area contributed by atoms with E-state index in [0.29, 0.717) is 5.41 Å². The van der Waals surface area contributed by atoms with E-state index in [2.05, 4.69) is 20.8 Å². The van der Waals surface area contributed by atoms with Crippen molar-refractivity contribution in [1.29, 1.82) is 0 Å². The maximum Gasteiger partial charge on any atom is 0.145 e. The molecule has 0 fully saturated rings. The highest BCUT2D eigenvalue weighted by Crippen LogP contribution is 2.40. The minimum absolute atomic E-state index is 0.358. The third kappa shape index (κ3) is 3.05. The lowest BCUT2D eigenvalue weighted by molar-refractivity contribution is -0.104. The maximum absolute atomic E-state index is 10.5. The second-order valence-electron chi connectivity index (χ2n) is 5.24. The highest BCUT2D eigenvalue weighted by molar-refractivity contribution is 5.72. The monoisotopic (exact) mass is 206 g/mol. The zero-order valence-corrected chi connectivity index (χ0v) is 10.4. The minimum Gasteiger partial charge on any atom is -0.298 e. The molecule has 1 heteroatoms. The normalized spacial score (nSPS) is 21.7. The second kappa shape index (κ2) is 4.78. The van der Waals surface area contributed by atoms with E-state index in [4.69, 9.17) is 0 Å². The van der Waals surface area contributed by atoms with Crippen LogP contribution >= 0.6 is 0 Å². The Balaban J connectivity index is 2.81. The average Bonchev–Trinajstić information content (AvgIpc) is 2.19. The Kier molecular flexibility index (Phi) is 3.90. The fourth-order valence-corrected chi connectivity index (χ4v) is 2.18. The molecule has 0 saturated carbocycles. The van der Waals surface area contributed by atoms with E-state index in [-0.39, 0.29) is 0 Å². The van der Waals surface area contributed by atoms with Gasteiger partial charge in [-0.2, -0.15) is 0 Å². The van der Waals surface area contributed by atoms with Crippen LogP contribution in [0.25, 0.3) is 0 Å². The molecule has 0 bridgehead atoms. The van der Waals surface area contributed by atoms with E-state index in [0.717, 1.165) is 18.3 Å². The minimum atomic E-state index is 0.358. The molecule has 1 nitrogen and oxygen atoms in total. The molecule has 0 heterocycles. The number of aldehydes is 1. The second-order valence-corrected chi connectivity index (χ2v) is 5.24. The van der Waals surface area contributed by atoms with Crippen molar-refractivity contribution in [2.45, 2.75) is 53.4 Å². The Labute approximate surface area is 93.3 Å². The first-order valence-corrected chi connectivity index (χ1v) is 5.78. The van der Waals surface area contributed by atoms with Crippen LogP contribution in [0.3, 0.4) is 0 Å². The van der Waals surface area contributed by atoms with Gasteiger partial charge in [0.1, 0.15) is 6.29 Å². The largest absolute Gasteiger partial charge is 0.298 e. The van der Waals surface area contributed by atoms with E-state index in [9.17, 15) is 4.79 Å². The summed E-state index contributed by atoms with van der Waals surface area (Å²) in [7, 11) is 0. The smallest absolute Gasteiger partial charge is 0.145 e. The molecule has 84 valence electrons. The van der Waals surface area contributed by atoms with Crippen LogP contribution in [0.15, 0.2) is 22.8 Å². The van der Waals surface area contributed by atoms with Gasteiger partial charge in [-0.3, -0.25) is 4.79 Å². The van der Waals surface area contributed by atoms with Gasteiger partial charge in [-0.1, -0.05) is 31.1 Å². The van der Waals surface area contributed by atoms with Crippen LogP contribution in [-0.2, 0) is 4.79 Å². The zero-order valence-electron chi connectivity index (χ0n) is 10.4. The summed E-state index contributed by atoms with van der Waals surface area (Å²) in [4.78, 5) is 10.5. The Bertz CT molecular complexity index is 305. The lowest BCUT2D eigenvalue weighted by Crippen LogP contribution is -2.18. The summed E-state index contributed by atoms with van der Waals surface area (Å²) < 4.78 is 0. The SMILES string of the molecule is CC1=C(C/C=C(\C)C=O)CCCC1(C)C. The van der Waals surface area contributed by atoms with Gasteiger partial charge >= 0.3 is 0 Å². The van der Waals surface area contributed by atoms with Crippen LogP contribution in [0.1, 0.15) is 53.4 Å². The van der Waals surface area contributed by atoms with Crippen LogP contribution in [0, 0.1) is 5.41 Å². The van der Waals surface area contributed by atoms with Crippen molar-refractivity contribution in [2.24, 2.45) is 5.41 Å². The number of carbonyl (C=O) groups is 1.